The minimum atomic E-state index is -1.10. The number of rotatable bonds is 7. The maximum atomic E-state index is 13.2. The van der Waals surface area contributed by atoms with Crippen LogP contribution in [0.1, 0.15) is 37.6 Å². The molecule has 1 atom stereocenters. The highest BCUT2D eigenvalue weighted by molar-refractivity contribution is 9.10. The van der Waals surface area contributed by atoms with Crippen LogP contribution in [0.2, 0.25) is 5.02 Å². The number of hydrogen-bond acceptors (Lipinski definition) is 5. The standard InChI is InChI=1S/C21H19BrClN3O4/c1-3-12(2)20-25-17-6-4-14(22)9-16(17)21(29)26(20)24-10-13-8-15(23)5-7-18(13)30-11-19(27)28/h4-10,12H,3,11H2,1-2H3,(H,27,28)/t12-/m1/s1. The topological polar surface area (TPSA) is 93.8 Å². The van der Waals surface area contributed by atoms with Gasteiger partial charge in [0.1, 0.15) is 11.6 Å². The Kier molecular flexibility index (Phi) is 6.89. The second-order valence-corrected chi connectivity index (χ2v) is 8.02. The molecule has 9 heteroatoms. The van der Waals surface area contributed by atoms with E-state index in [2.05, 4.69) is 26.0 Å². The Bertz CT molecular complexity index is 1190. The van der Waals surface area contributed by atoms with Crippen LogP contribution in [0.4, 0.5) is 0 Å². The second-order valence-electron chi connectivity index (χ2n) is 6.67. The van der Waals surface area contributed by atoms with E-state index in [4.69, 9.17) is 21.4 Å². The van der Waals surface area contributed by atoms with Crippen LogP contribution in [0, 0.1) is 0 Å². The van der Waals surface area contributed by atoms with Crippen molar-refractivity contribution < 1.29 is 14.6 Å². The molecule has 7 nitrogen and oxygen atoms in total. The first kappa shape index (κ1) is 22.0. The summed E-state index contributed by atoms with van der Waals surface area (Å²) in [5.41, 5.74) is 0.737. The zero-order valence-corrected chi connectivity index (χ0v) is 18.6. The first-order valence-corrected chi connectivity index (χ1v) is 10.4. The predicted octanol–water partition coefficient (Wildman–Crippen LogP) is 4.67. The highest BCUT2D eigenvalue weighted by Crippen LogP contribution is 2.23. The number of aromatic nitrogens is 2. The summed E-state index contributed by atoms with van der Waals surface area (Å²) in [4.78, 5) is 28.7. The Morgan fingerprint density at radius 1 is 1.37 bits per heavy atom. The third-order valence-electron chi connectivity index (χ3n) is 4.52. The Morgan fingerprint density at radius 2 is 2.13 bits per heavy atom. The lowest BCUT2D eigenvalue weighted by Gasteiger charge is -2.14. The minimum Gasteiger partial charge on any atom is -0.481 e. The summed E-state index contributed by atoms with van der Waals surface area (Å²) in [6.45, 7) is 3.47. The van der Waals surface area contributed by atoms with E-state index in [1.54, 1.807) is 30.3 Å². The fourth-order valence-electron chi connectivity index (χ4n) is 2.79. The van der Waals surface area contributed by atoms with E-state index in [9.17, 15) is 9.59 Å². The van der Waals surface area contributed by atoms with Gasteiger partial charge in [-0.1, -0.05) is 41.4 Å². The van der Waals surface area contributed by atoms with Crippen molar-refractivity contribution in [3.8, 4) is 5.75 Å². The van der Waals surface area contributed by atoms with Gasteiger partial charge in [0.25, 0.3) is 5.56 Å². The maximum absolute atomic E-state index is 13.2. The molecule has 0 spiro atoms. The van der Waals surface area contributed by atoms with E-state index >= 15 is 0 Å². The molecule has 0 fully saturated rings. The van der Waals surface area contributed by atoms with Crippen LogP contribution in [0.15, 0.2) is 50.8 Å². The molecule has 0 aliphatic heterocycles. The zero-order chi connectivity index (χ0) is 21.8. The van der Waals surface area contributed by atoms with E-state index in [1.165, 1.54) is 10.9 Å². The van der Waals surface area contributed by atoms with Crippen molar-refractivity contribution in [1.29, 1.82) is 0 Å². The fourth-order valence-corrected chi connectivity index (χ4v) is 3.33. The Morgan fingerprint density at radius 3 is 2.83 bits per heavy atom. The van der Waals surface area contributed by atoms with Gasteiger partial charge in [-0.2, -0.15) is 9.78 Å². The maximum Gasteiger partial charge on any atom is 0.341 e. The SMILES string of the molecule is CC[C@@H](C)c1nc2ccc(Br)cc2c(=O)n1N=Cc1cc(Cl)ccc1OCC(=O)O. The molecule has 2 aromatic carbocycles. The van der Waals surface area contributed by atoms with Gasteiger partial charge in [0, 0.05) is 21.0 Å². The molecular formula is C21H19BrClN3O4. The van der Waals surface area contributed by atoms with Crippen molar-refractivity contribution in [2.75, 3.05) is 6.61 Å². The van der Waals surface area contributed by atoms with Gasteiger partial charge in [-0.3, -0.25) is 4.79 Å². The highest BCUT2D eigenvalue weighted by atomic mass is 79.9. The van der Waals surface area contributed by atoms with Gasteiger partial charge in [-0.05, 0) is 42.8 Å². The van der Waals surface area contributed by atoms with Crippen LogP contribution < -0.4 is 10.3 Å². The molecule has 156 valence electrons. The third kappa shape index (κ3) is 4.88. The summed E-state index contributed by atoms with van der Waals surface area (Å²) in [5, 5.41) is 14.1. The molecule has 1 N–H and O–H groups in total. The quantitative estimate of drug-likeness (QED) is 0.484. The van der Waals surface area contributed by atoms with Crippen LogP contribution in [-0.2, 0) is 4.79 Å². The number of fused-ring (bicyclic) bond motifs is 1. The number of halogens is 2. The van der Waals surface area contributed by atoms with E-state index in [-0.39, 0.29) is 11.5 Å². The average Bonchev–Trinajstić information content (AvgIpc) is 2.72. The van der Waals surface area contributed by atoms with Crippen LogP contribution in [-0.4, -0.2) is 33.6 Å². The minimum absolute atomic E-state index is 0.00927. The number of benzene rings is 2. The van der Waals surface area contributed by atoms with Crippen molar-refractivity contribution in [3.05, 3.63) is 67.6 Å². The Hall–Kier alpha value is -2.71. The van der Waals surface area contributed by atoms with E-state index < -0.39 is 12.6 Å². The number of carbonyl (C=O) groups is 1. The summed E-state index contributed by atoms with van der Waals surface area (Å²) in [7, 11) is 0. The van der Waals surface area contributed by atoms with E-state index in [1.807, 2.05) is 19.9 Å². The van der Waals surface area contributed by atoms with Crippen LogP contribution in [0.5, 0.6) is 5.75 Å². The molecule has 1 aromatic heterocycles. The Balaban J connectivity index is 2.14. The predicted molar refractivity (Wildman–Crippen MR) is 120 cm³/mol. The van der Waals surface area contributed by atoms with Gasteiger partial charge >= 0.3 is 5.97 Å². The van der Waals surface area contributed by atoms with Crippen molar-refractivity contribution in [2.24, 2.45) is 5.10 Å². The lowest BCUT2D eigenvalue weighted by atomic mass is 10.1. The summed E-state index contributed by atoms with van der Waals surface area (Å²) in [6.07, 6.45) is 2.19. The zero-order valence-electron chi connectivity index (χ0n) is 16.3. The smallest absolute Gasteiger partial charge is 0.341 e. The van der Waals surface area contributed by atoms with Crippen molar-refractivity contribution >= 4 is 50.6 Å². The number of carboxylic acid groups (broad SMARTS) is 1. The lowest BCUT2D eigenvalue weighted by molar-refractivity contribution is -0.139. The van der Waals surface area contributed by atoms with Crippen LogP contribution in [0.3, 0.4) is 0 Å². The third-order valence-corrected chi connectivity index (χ3v) is 5.25. The van der Waals surface area contributed by atoms with Gasteiger partial charge in [0.15, 0.2) is 6.61 Å². The summed E-state index contributed by atoms with van der Waals surface area (Å²) < 4.78 is 7.33. The molecule has 0 aliphatic rings. The summed E-state index contributed by atoms with van der Waals surface area (Å²) >= 11 is 9.45. The second kappa shape index (κ2) is 9.40. The van der Waals surface area contributed by atoms with Crippen LogP contribution in [0.25, 0.3) is 10.9 Å². The molecular weight excluding hydrogens is 474 g/mol. The number of hydrogen-bond donors (Lipinski definition) is 1. The monoisotopic (exact) mass is 491 g/mol. The molecule has 0 radical (unpaired) electrons. The molecule has 1 heterocycles. The molecule has 0 saturated carbocycles. The largest absolute Gasteiger partial charge is 0.481 e. The van der Waals surface area contributed by atoms with Gasteiger partial charge in [-0.25, -0.2) is 9.78 Å². The summed E-state index contributed by atoms with van der Waals surface area (Å²) in [5.74, 6) is -0.291. The number of nitrogens with zero attached hydrogens (tertiary/aromatic N) is 3. The van der Waals surface area contributed by atoms with Gasteiger partial charge < -0.3 is 9.84 Å². The first-order chi connectivity index (χ1) is 14.3. The molecule has 0 aliphatic carbocycles. The van der Waals surface area contributed by atoms with Crippen LogP contribution >= 0.6 is 27.5 Å². The van der Waals surface area contributed by atoms with E-state index in [0.717, 1.165) is 10.9 Å². The van der Waals surface area contributed by atoms with E-state index in [0.29, 0.717) is 33.1 Å². The first-order valence-electron chi connectivity index (χ1n) is 9.20. The molecule has 3 aromatic rings. The summed E-state index contributed by atoms with van der Waals surface area (Å²) in [6, 6.07) is 10.1. The molecule has 30 heavy (non-hydrogen) atoms. The van der Waals surface area contributed by atoms with Crippen molar-refractivity contribution in [3.63, 3.8) is 0 Å². The number of aliphatic carboxylic acids is 1. The molecule has 0 bridgehead atoms. The van der Waals surface area contributed by atoms with Gasteiger partial charge in [-0.15, -0.1) is 0 Å². The Labute approximate surface area is 186 Å². The van der Waals surface area contributed by atoms with Gasteiger partial charge in [0.2, 0.25) is 0 Å². The normalized spacial score (nSPS) is 12.4. The molecule has 0 saturated heterocycles. The lowest BCUT2D eigenvalue weighted by Crippen LogP contribution is -2.23. The van der Waals surface area contributed by atoms with Crippen molar-refractivity contribution in [2.45, 2.75) is 26.2 Å². The van der Waals surface area contributed by atoms with Gasteiger partial charge in [0.05, 0.1) is 17.1 Å². The molecule has 0 unspecified atom stereocenters. The number of ether oxygens (including phenoxy) is 1. The highest BCUT2D eigenvalue weighted by Gasteiger charge is 2.16. The molecule has 0 amide bonds. The molecule has 3 rings (SSSR count). The van der Waals surface area contributed by atoms with Crippen molar-refractivity contribution in [1.82, 2.24) is 9.66 Å². The number of carboxylic acids is 1. The average molecular weight is 493 g/mol. The fraction of sp³-hybridized carbons (Fsp3) is 0.238.